The van der Waals surface area contributed by atoms with E-state index in [1.165, 1.54) is 0 Å². The van der Waals surface area contributed by atoms with E-state index in [0.717, 1.165) is 11.1 Å². The summed E-state index contributed by atoms with van der Waals surface area (Å²) >= 11 is 0. The van der Waals surface area contributed by atoms with Crippen LogP contribution in [0.25, 0.3) is 0 Å². The largest absolute Gasteiger partial charge is 0.467 e. The number of anilines is 1. The summed E-state index contributed by atoms with van der Waals surface area (Å²) in [5, 5.41) is 5.67. The third-order valence-corrected chi connectivity index (χ3v) is 4.01. The van der Waals surface area contributed by atoms with Crippen molar-refractivity contribution in [2.75, 3.05) is 5.32 Å². The molecule has 0 spiro atoms. The normalized spacial score (nSPS) is 11.6. The second-order valence-electron chi connectivity index (χ2n) is 5.85. The quantitative estimate of drug-likeness (QED) is 0.656. The smallest absolute Gasteiger partial charge is 0.320 e. The number of nitrogens with two attached hydrogens (primary N) is 1. The topological polar surface area (TPSA) is 97.4 Å². The lowest BCUT2D eigenvalue weighted by Gasteiger charge is -2.18. The Bertz CT molecular complexity index is 905. The molecule has 0 radical (unpaired) electrons. The lowest BCUT2D eigenvalue weighted by Crippen LogP contribution is -2.33. The average Bonchev–Trinajstić information content (AvgIpc) is 3.16. The first-order valence-corrected chi connectivity index (χ1v) is 8.11. The van der Waals surface area contributed by atoms with Gasteiger partial charge in [-0.1, -0.05) is 36.4 Å². The zero-order chi connectivity index (χ0) is 18.5. The molecule has 0 saturated carbocycles. The van der Waals surface area contributed by atoms with Crippen molar-refractivity contribution >= 4 is 17.6 Å². The second kappa shape index (κ2) is 7.57. The molecule has 1 aromatic heterocycles. The van der Waals surface area contributed by atoms with Crippen LogP contribution in [0.2, 0.25) is 0 Å². The van der Waals surface area contributed by atoms with Gasteiger partial charge >= 0.3 is 6.03 Å². The molecule has 3 rings (SSSR count). The Balaban J connectivity index is 1.81. The van der Waals surface area contributed by atoms with Gasteiger partial charge in [-0.2, -0.15) is 0 Å². The monoisotopic (exact) mass is 349 g/mol. The minimum atomic E-state index is -0.550. The summed E-state index contributed by atoms with van der Waals surface area (Å²) in [6.45, 7) is 1.83. The number of hydrogen-bond acceptors (Lipinski definition) is 3. The van der Waals surface area contributed by atoms with E-state index in [0.29, 0.717) is 17.0 Å². The van der Waals surface area contributed by atoms with Crippen molar-refractivity contribution < 1.29 is 14.0 Å². The Labute approximate surface area is 151 Å². The third kappa shape index (κ3) is 3.92. The number of primary amides is 1. The molecule has 6 heteroatoms. The van der Waals surface area contributed by atoms with Crippen LogP contribution in [0.4, 0.5) is 10.5 Å². The molecule has 132 valence electrons. The molecule has 26 heavy (non-hydrogen) atoms. The van der Waals surface area contributed by atoms with E-state index in [1.54, 1.807) is 36.6 Å². The highest BCUT2D eigenvalue weighted by Gasteiger charge is 2.19. The molecule has 0 saturated heterocycles. The van der Waals surface area contributed by atoms with E-state index in [2.05, 4.69) is 10.6 Å². The molecule has 0 aliphatic carbocycles. The van der Waals surface area contributed by atoms with Gasteiger partial charge in [0.2, 0.25) is 5.91 Å². The molecule has 3 aromatic rings. The number of hydrogen-bond donors (Lipinski definition) is 3. The molecule has 4 N–H and O–H groups in total. The molecule has 0 fully saturated rings. The van der Waals surface area contributed by atoms with Crippen molar-refractivity contribution in [2.24, 2.45) is 5.73 Å². The molecule has 2 aromatic carbocycles. The number of rotatable bonds is 5. The van der Waals surface area contributed by atoms with Crippen LogP contribution in [0, 0.1) is 6.92 Å². The number of urea groups is 1. The predicted molar refractivity (Wildman–Crippen MR) is 98.8 cm³/mol. The number of nitrogens with one attached hydrogen (secondary N) is 2. The number of benzene rings is 2. The number of carbonyl (C=O) groups is 2. The minimum Gasteiger partial charge on any atom is -0.467 e. The predicted octanol–water partition coefficient (Wildman–Crippen LogP) is 3.60. The summed E-state index contributed by atoms with van der Waals surface area (Å²) in [5.41, 5.74) is 7.86. The summed E-state index contributed by atoms with van der Waals surface area (Å²) in [6.07, 6.45) is 1.56. The summed E-state index contributed by atoms with van der Waals surface area (Å²) in [4.78, 5) is 23.9. The summed E-state index contributed by atoms with van der Waals surface area (Å²) in [6, 6.07) is 17.1. The van der Waals surface area contributed by atoms with Gasteiger partial charge < -0.3 is 20.8 Å². The average molecular weight is 349 g/mol. The van der Waals surface area contributed by atoms with Gasteiger partial charge in [0, 0.05) is 11.3 Å². The molecule has 0 bridgehead atoms. The Kier molecular flexibility index (Phi) is 5.03. The maximum absolute atomic E-state index is 12.5. The molecule has 0 aliphatic rings. The highest BCUT2D eigenvalue weighted by molar-refractivity contribution is 5.96. The maximum Gasteiger partial charge on any atom is 0.320 e. The first kappa shape index (κ1) is 17.3. The van der Waals surface area contributed by atoms with Crippen molar-refractivity contribution in [3.63, 3.8) is 0 Å². The van der Waals surface area contributed by atoms with Crippen LogP contribution >= 0.6 is 0 Å². The van der Waals surface area contributed by atoms with Crippen LogP contribution in [-0.4, -0.2) is 11.9 Å². The van der Waals surface area contributed by atoms with Crippen molar-refractivity contribution in [3.05, 3.63) is 89.4 Å². The highest BCUT2D eigenvalue weighted by Crippen LogP contribution is 2.23. The van der Waals surface area contributed by atoms with E-state index in [4.69, 9.17) is 10.2 Å². The van der Waals surface area contributed by atoms with Crippen molar-refractivity contribution in [3.8, 4) is 0 Å². The first-order valence-electron chi connectivity index (χ1n) is 8.11. The van der Waals surface area contributed by atoms with Gasteiger partial charge in [0.1, 0.15) is 11.8 Å². The fourth-order valence-electron chi connectivity index (χ4n) is 2.62. The highest BCUT2D eigenvalue weighted by atomic mass is 16.3. The van der Waals surface area contributed by atoms with Crippen LogP contribution in [0.5, 0.6) is 0 Å². The summed E-state index contributed by atoms with van der Waals surface area (Å²) < 4.78 is 5.47. The van der Waals surface area contributed by atoms with E-state index >= 15 is 0 Å². The van der Waals surface area contributed by atoms with Crippen LogP contribution in [0.3, 0.4) is 0 Å². The van der Waals surface area contributed by atoms with Gasteiger partial charge in [-0.25, -0.2) is 4.79 Å². The van der Waals surface area contributed by atoms with Gasteiger partial charge in [0.25, 0.3) is 0 Å². The number of carbonyl (C=O) groups excluding carboxylic acids is 2. The number of amides is 3. The van der Waals surface area contributed by atoms with E-state index in [1.807, 2.05) is 37.3 Å². The maximum atomic E-state index is 12.5. The van der Waals surface area contributed by atoms with Crippen LogP contribution in [0.1, 0.15) is 33.3 Å². The Morgan fingerprint density at radius 1 is 1.04 bits per heavy atom. The zero-order valence-electron chi connectivity index (χ0n) is 14.2. The summed E-state index contributed by atoms with van der Waals surface area (Å²) in [5.74, 6) is 0.0696. The van der Waals surface area contributed by atoms with Crippen molar-refractivity contribution in [1.29, 1.82) is 0 Å². The van der Waals surface area contributed by atoms with Crippen LogP contribution < -0.4 is 16.4 Å². The van der Waals surface area contributed by atoms with Crippen molar-refractivity contribution in [2.45, 2.75) is 13.0 Å². The van der Waals surface area contributed by atoms with E-state index in [-0.39, 0.29) is 0 Å². The van der Waals surface area contributed by atoms with Gasteiger partial charge in [-0.15, -0.1) is 0 Å². The Morgan fingerprint density at radius 3 is 2.46 bits per heavy atom. The van der Waals surface area contributed by atoms with E-state index in [9.17, 15) is 9.59 Å². The lowest BCUT2D eigenvalue weighted by atomic mass is 10.0. The van der Waals surface area contributed by atoms with Gasteiger partial charge in [-0.05, 0) is 42.3 Å². The van der Waals surface area contributed by atoms with Crippen LogP contribution in [-0.2, 0) is 0 Å². The molecule has 0 aliphatic heterocycles. The fraction of sp³-hybridized carbons (Fsp3) is 0.100. The molecular weight excluding hydrogens is 330 g/mol. The number of furan rings is 1. The SMILES string of the molecule is Cc1ccc(C(N)=O)cc1NC(=O)N[C@H](c1ccccc1)c1ccco1. The van der Waals surface area contributed by atoms with Crippen LogP contribution in [0.15, 0.2) is 71.3 Å². The first-order chi connectivity index (χ1) is 12.5. The third-order valence-electron chi connectivity index (χ3n) is 4.01. The van der Waals surface area contributed by atoms with Gasteiger partial charge in [-0.3, -0.25) is 4.79 Å². The zero-order valence-corrected chi connectivity index (χ0v) is 14.2. The van der Waals surface area contributed by atoms with Crippen molar-refractivity contribution in [1.82, 2.24) is 5.32 Å². The fourth-order valence-corrected chi connectivity index (χ4v) is 2.62. The lowest BCUT2D eigenvalue weighted by molar-refractivity contribution is 0.1000. The molecule has 0 unspecified atom stereocenters. The number of aryl methyl sites for hydroxylation is 1. The molecule has 3 amide bonds. The Morgan fingerprint density at radius 2 is 1.81 bits per heavy atom. The van der Waals surface area contributed by atoms with Gasteiger partial charge in [0.05, 0.1) is 6.26 Å². The molecule has 1 heterocycles. The molecule has 1 atom stereocenters. The molecular formula is C20H19N3O3. The van der Waals surface area contributed by atoms with Gasteiger partial charge in [0.15, 0.2) is 0 Å². The minimum absolute atomic E-state index is 0.330. The Hall–Kier alpha value is -3.54. The second-order valence-corrected chi connectivity index (χ2v) is 5.85. The summed E-state index contributed by atoms with van der Waals surface area (Å²) in [7, 11) is 0. The standard InChI is InChI=1S/C20H19N3O3/c1-13-9-10-15(19(21)24)12-16(13)22-20(25)23-18(17-8-5-11-26-17)14-6-3-2-4-7-14/h2-12,18H,1H3,(H2,21,24)(H2,22,23,25)/t18-/m1/s1. The van der Waals surface area contributed by atoms with E-state index < -0.39 is 18.0 Å². The molecule has 6 nitrogen and oxygen atoms in total.